The third kappa shape index (κ3) is 3.85. The van der Waals surface area contributed by atoms with Gasteiger partial charge in [-0.2, -0.15) is 0 Å². The second-order valence-electron chi connectivity index (χ2n) is 5.35. The highest BCUT2D eigenvalue weighted by atomic mass is 35.5. The van der Waals surface area contributed by atoms with Gasteiger partial charge in [0.1, 0.15) is 12.3 Å². The second-order valence-corrected chi connectivity index (χ2v) is 7.07. The lowest BCUT2D eigenvalue weighted by atomic mass is 10.3. The average Bonchev–Trinajstić information content (AvgIpc) is 3.14. The summed E-state index contributed by atoms with van der Waals surface area (Å²) in [6.45, 7) is 3.49. The van der Waals surface area contributed by atoms with Crippen LogP contribution in [0.15, 0.2) is 39.8 Å². The Bertz CT molecular complexity index is 851. The molecule has 1 aromatic heterocycles. The quantitative estimate of drug-likeness (QED) is 0.883. The highest BCUT2D eigenvalue weighted by molar-refractivity contribution is 8.15. The van der Waals surface area contributed by atoms with Crippen LogP contribution in [0.3, 0.4) is 0 Å². The molecule has 0 aliphatic carbocycles. The number of hydrogen-bond donors (Lipinski definition) is 1. The van der Waals surface area contributed by atoms with Gasteiger partial charge in [-0.25, -0.2) is 0 Å². The van der Waals surface area contributed by atoms with Crippen LogP contribution in [0.5, 0.6) is 0 Å². The van der Waals surface area contributed by atoms with Crippen LogP contribution in [0.4, 0.5) is 11.5 Å². The Hall–Kier alpha value is -2.32. The lowest BCUT2D eigenvalue weighted by molar-refractivity contribution is -0.116. The number of amides is 2. The summed E-state index contributed by atoms with van der Waals surface area (Å²) in [5, 5.41) is 6.79. The van der Waals surface area contributed by atoms with Crippen molar-refractivity contribution in [3.8, 4) is 0 Å². The molecule has 2 heterocycles. The fourth-order valence-corrected chi connectivity index (χ4v) is 3.36. The van der Waals surface area contributed by atoms with E-state index in [0.29, 0.717) is 27.5 Å². The van der Waals surface area contributed by atoms with Gasteiger partial charge in [0.05, 0.1) is 16.0 Å². The van der Waals surface area contributed by atoms with Crippen LogP contribution in [0.2, 0.25) is 5.02 Å². The fourth-order valence-electron chi connectivity index (χ4n) is 2.21. The predicted molar refractivity (Wildman–Crippen MR) is 98.2 cm³/mol. The van der Waals surface area contributed by atoms with Crippen molar-refractivity contribution in [2.75, 3.05) is 16.8 Å². The Morgan fingerprint density at radius 1 is 1.44 bits per heavy atom. The van der Waals surface area contributed by atoms with Gasteiger partial charge in [0, 0.05) is 6.07 Å². The molecule has 0 fully saturated rings. The molecule has 3 rings (SSSR count). The van der Waals surface area contributed by atoms with Crippen LogP contribution >= 0.6 is 23.4 Å². The highest BCUT2D eigenvalue weighted by Crippen LogP contribution is 2.31. The predicted octanol–water partition coefficient (Wildman–Crippen LogP) is 3.10. The number of aromatic nitrogens is 1. The van der Waals surface area contributed by atoms with Crippen LogP contribution < -0.4 is 10.2 Å². The topological polar surface area (TPSA) is 87.8 Å². The van der Waals surface area contributed by atoms with Gasteiger partial charge < -0.3 is 9.84 Å². The Kier molecular flexibility index (Phi) is 5.10. The van der Waals surface area contributed by atoms with Crippen molar-refractivity contribution in [3.63, 3.8) is 0 Å². The molecule has 1 aromatic carbocycles. The molecular formula is C16H15ClN4O3S. The monoisotopic (exact) mass is 378 g/mol. The van der Waals surface area contributed by atoms with Crippen LogP contribution in [0.1, 0.15) is 12.7 Å². The normalized spacial score (nSPS) is 15.2. The number of nitrogens with zero attached hydrogens (tertiary/aromatic N) is 3. The molecule has 130 valence electrons. The van der Waals surface area contributed by atoms with Crippen LogP contribution in [0.25, 0.3) is 0 Å². The number of benzene rings is 1. The van der Waals surface area contributed by atoms with E-state index in [-0.39, 0.29) is 18.4 Å². The number of para-hydroxylation sites is 1. The van der Waals surface area contributed by atoms with E-state index in [1.807, 2.05) is 0 Å². The van der Waals surface area contributed by atoms with E-state index in [1.165, 1.54) is 16.7 Å². The molecule has 1 N–H and O–H groups in total. The molecule has 7 nitrogen and oxygen atoms in total. The third-order valence-corrected chi connectivity index (χ3v) is 4.82. The number of carbonyl (C=O) groups excluding carboxylic acids is 2. The van der Waals surface area contributed by atoms with Crippen molar-refractivity contribution in [3.05, 3.63) is 41.1 Å². The minimum Gasteiger partial charge on any atom is -0.360 e. The molecule has 1 aliphatic rings. The smallest absolute Gasteiger partial charge is 0.254 e. The van der Waals surface area contributed by atoms with Crippen molar-refractivity contribution >= 4 is 51.9 Å². The van der Waals surface area contributed by atoms with Gasteiger partial charge in [-0.05, 0) is 26.0 Å². The Labute approximate surface area is 153 Å². The first-order valence-corrected chi connectivity index (χ1v) is 8.74. The van der Waals surface area contributed by atoms with Crippen molar-refractivity contribution in [2.45, 2.75) is 19.1 Å². The molecule has 1 atom stereocenters. The lowest BCUT2D eigenvalue weighted by Gasteiger charge is -2.20. The van der Waals surface area contributed by atoms with Gasteiger partial charge in [0.2, 0.25) is 5.91 Å². The number of thioether (sulfide) groups is 1. The van der Waals surface area contributed by atoms with Crippen LogP contribution in [-0.4, -0.2) is 33.9 Å². The molecule has 0 unspecified atom stereocenters. The zero-order valence-electron chi connectivity index (χ0n) is 13.5. The number of aryl methyl sites for hydroxylation is 1. The Morgan fingerprint density at radius 2 is 2.20 bits per heavy atom. The van der Waals surface area contributed by atoms with E-state index in [4.69, 9.17) is 16.1 Å². The number of rotatable bonds is 4. The van der Waals surface area contributed by atoms with Gasteiger partial charge in [-0.15, -0.1) is 0 Å². The molecular weight excluding hydrogens is 364 g/mol. The summed E-state index contributed by atoms with van der Waals surface area (Å²) < 4.78 is 4.92. The SMILES string of the molecule is Cc1cc(NC(=O)[C@@H](C)SC2=NCC(=O)N2c2ccccc2Cl)no1. The molecule has 1 aliphatic heterocycles. The molecule has 0 bridgehead atoms. The molecule has 25 heavy (non-hydrogen) atoms. The number of anilines is 2. The van der Waals surface area contributed by atoms with E-state index in [0.717, 1.165) is 0 Å². The van der Waals surface area contributed by atoms with Gasteiger partial charge in [0.15, 0.2) is 11.0 Å². The van der Waals surface area contributed by atoms with E-state index in [9.17, 15) is 9.59 Å². The first-order chi connectivity index (χ1) is 12.0. The number of amidine groups is 1. The number of halogens is 1. The van der Waals surface area contributed by atoms with E-state index < -0.39 is 5.25 Å². The maximum Gasteiger partial charge on any atom is 0.254 e. The standard InChI is InChI=1S/C16H15ClN4O3S/c1-9-7-13(20-24-9)19-15(23)10(2)25-16-18-8-14(22)21(16)12-6-4-3-5-11(12)17/h3-7,10H,8H2,1-2H3,(H,19,20,23)/t10-/m1/s1. The first-order valence-electron chi connectivity index (χ1n) is 7.48. The van der Waals surface area contributed by atoms with Gasteiger partial charge in [-0.3, -0.25) is 19.5 Å². The minimum absolute atomic E-state index is 0.0321. The minimum atomic E-state index is -0.494. The molecule has 2 amide bonds. The zero-order chi connectivity index (χ0) is 18.0. The molecule has 0 saturated carbocycles. The van der Waals surface area contributed by atoms with Crippen LogP contribution in [0, 0.1) is 6.92 Å². The van der Waals surface area contributed by atoms with Gasteiger partial charge in [-0.1, -0.05) is 40.7 Å². The lowest BCUT2D eigenvalue weighted by Crippen LogP contribution is -2.33. The van der Waals surface area contributed by atoms with Crippen LogP contribution in [-0.2, 0) is 9.59 Å². The van der Waals surface area contributed by atoms with Crippen molar-refractivity contribution in [2.24, 2.45) is 4.99 Å². The van der Waals surface area contributed by atoms with Crippen molar-refractivity contribution in [1.29, 1.82) is 0 Å². The molecule has 0 radical (unpaired) electrons. The largest absolute Gasteiger partial charge is 0.360 e. The summed E-state index contributed by atoms with van der Waals surface area (Å²) in [6, 6.07) is 8.64. The molecule has 0 spiro atoms. The average molecular weight is 379 g/mol. The highest BCUT2D eigenvalue weighted by Gasteiger charge is 2.31. The van der Waals surface area contributed by atoms with Gasteiger partial charge >= 0.3 is 0 Å². The number of carbonyl (C=O) groups is 2. The maximum absolute atomic E-state index is 12.3. The third-order valence-electron chi connectivity index (χ3n) is 3.41. The summed E-state index contributed by atoms with van der Waals surface area (Å²) in [6.07, 6.45) is 0. The summed E-state index contributed by atoms with van der Waals surface area (Å²) in [5.41, 5.74) is 0.553. The second kappa shape index (κ2) is 7.28. The summed E-state index contributed by atoms with van der Waals surface area (Å²) in [5.74, 6) is 0.503. The molecule has 9 heteroatoms. The number of hydrogen-bond acceptors (Lipinski definition) is 6. The van der Waals surface area contributed by atoms with E-state index in [1.54, 1.807) is 44.2 Å². The van der Waals surface area contributed by atoms with Gasteiger partial charge in [0.25, 0.3) is 5.91 Å². The Balaban J connectivity index is 1.71. The fraction of sp³-hybridized carbons (Fsp3) is 0.250. The number of aliphatic imine (C=N–C) groups is 1. The van der Waals surface area contributed by atoms with E-state index >= 15 is 0 Å². The summed E-state index contributed by atoms with van der Waals surface area (Å²) in [7, 11) is 0. The van der Waals surface area contributed by atoms with Crippen molar-refractivity contribution < 1.29 is 14.1 Å². The van der Waals surface area contributed by atoms with E-state index in [2.05, 4.69) is 15.5 Å². The van der Waals surface area contributed by atoms with Crippen molar-refractivity contribution in [1.82, 2.24) is 5.16 Å². The number of nitrogens with one attached hydrogen (secondary N) is 1. The zero-order valence-corrected chi connectivity index (χ0v) is 15.1. The molecule has 0 saturated heterocycles. The first kappa shape index (κ1) is 17.5. The molecule has 2 aromatic rings. The summed E-state index contributed by atoms with van der Waals surface area (Å²) in [4.78, 5) is 30.2. The Morgan fingerprint density at radius 3 is 2.88 bits per heavy atom. The summed E-state index contributed by atoms with van der Waals surface area (Å²) >= 11 is 7.37. The maximum atomic E-state index is 12.3.